The maximum absolute atomic E-state index is 11.0. The Morgan fingerprint density at radius 1 is 0.760 bits per heavy atom. The second-order valence-electron chi connectivity index (χ2n) is 4.88. The zero-order chi connectivity index (χ0) is 18.2. The second kappa shape index (κ2) is 8.54. The lowest BCUT2D eigenvalue weighted by molar-refractivity contribution is -0.104. The Hall–Kier alpha value is -3.28. The van der Waals surface area contributed by atoms with Crippen LogP contribution >= 0.6 is 0 Å². The average molecular weight is 342 g/mol. The fraction of sp³-hybridized carbons (Fsp3) is 0.158. The normalized spacial score (nSPS) is 10.4. The van der Waals surface area contributed by atoms with Crippen LogP contribution in [0.3, 0.4) is 0 Å². The summed E-state index contributed by atoms with van der Waals surface area (Å²) in [7, 11) is 4.46. The Bertz CT molecular complexity index is 769. The second-order valence-corrected chi connectivity index (χ2v) is 4.88. The molecule has 0 aliphatic rings. The molecule has 0 aliphatic heterocycles. The van der Waals surface area contributed by atoms with E-state index < -0.39 is 0 Å². The first-order valence-corrected chi connectivity index (χ1v) is 7.35. The molecule has 0 spiro atoms. The highest BCUT2D eigenvalue weighted by Gasteiger charge is 2.17. The van der Waals surface area contributed by atoms with Crippen molar-refractivity contribution in [3.05, 3.63) is 47.5 Å². The number of rotatable bonds is 8. The van der Waals surface area contributed by atoms with Crippen molar-refractivity contribution >= 4 is 18.6 Å². The highest BCUT2D eigenvalue weighted by Crippen LogP contribution is 2.43. The number of carbonyl (C=O) groups excluding carboxylic acids is 2. The molecular formula is C19H18O6. The van der Waals surface area contributed by atoms with Crippen LogP contribution in [0.4, 0.5) is 0 Å². The van der Waals surface area contributed by atoms with E-state index in [1.165, 1.54) is 27.4 Å². The van der Waals surface area contributed by atoms with E-state index in [1.807, 2.05) is 0 Å². The summed E-state index contributed by atoms with van der Waals surface area (Å²) >= 11 is 0. The summed E-state index contributed by atoms with van der Waals surface area (Å²) in [5.41, 5.74) is 1.19. The minimum absolute atomic E-state index is 0.324. The van der Waals surface area contributed by atoms with Crippen molar-refractivity contribution < 1.29 is 28.5 Å². The molecule has 0 aliphatic carbocycles. The van der Waals surface area contributed by atoms with Crippen molar-refractivity contribution in [1.82, 2.24) is 0 Å². The van der Waals surface area contributed by atoms with E-state index in [-0.39, 0.29) is 0 Å². The van der Waals surface area contributed by atoms with E-state index in [2.05, 4.69) is 0 Å². The number of hydrogen-bond donors (Lipinski definition) is 0. The third-order valence-electron chi connectivity index (χ3n) is 3.39. The highest BCUT2D eigenvalue weighted by atomic mass is 16.5. The van der Waals surface area contributed by atoms with Gasteiger partial charge in [-0.3, -0.25) is 9.59 Å². The van der Waals surface area contributed by atoms with Gasteiger partial charge in [0.25, 0.3) is 0 Å². The largest absolute Gasteiger partial charge is 0.493 e. The molecule has 0 unspecified atom stereocenters. The van der Waals surface area contributed by atoms with Crippen LogP contribution in [0.2, 0.25) is 0 Å². The van der Waals surface area contributed by atoms with Crippen LogP contribution in [0, 0.1) is 0 Å². The van der Waals surface area contributed by atoms with E-state index in [9.17, 15) is 9.59 Å². The van der Waals surface area contributed by atoms with E-state index in [0.29, 0.717) is 46.9 Å². The number of ether oxygens (including phenoxy) is 4. The lowest BCUT2D eigenvalue weighted by Gasteiger charge is -2.16. The molecule has 0 bridgehead atoms. The summed E-state index contributed by atoms with van der Waals surface area (Å²) in [5, 5.41) is 0. The summed E-state index contributed by atoms with van der Waals surface area (Å²) in [6.45, 7) is 0. The zero-order valence-electron chi connectivity index (χ0n) is 14.1. The molecule has 0 saturated heterocycles. The first-order valence-electron chi connectivity index (χ1n) is 7.35. The van der Waals surface area contributed by atoms with E-state index in [0.717, 1.165) is 5.56 Å². The molecule has 0 aromatic heterocycles. The number of aldehydes is 2. The van der Waals surface area contributed by atoms with Crippen molar-refractivity contribution in [1.29, 1.82) is 0 Å². The van der Waals surface area contributed by atoms with E-state index in [1.54, 1.807) is 36.4 Å². The number of allylic oxidation sites excluding steroid dienone is 1. The minimum atomic E-state index is 0.324. The number of methoxy groups -OCH3 is 3. The van der Waals surface area contributed by atoms with Gasteiger partial charge >= 0.3 is 0 Å². The van der Waals surface area contributed by atoms with E-state index in [4.69, 9.17) is 18.9 Å². The lowest BCUT2D eigenvalue weighted by atomic mass is 10.1. The van der Waals surface area contributed by atoms with Gasteiger partial charge in [0.2, 0.25) is 5.75 Å². The molecule has 2 aromatic carbocycles. The predicted molar refractivity (Wildman–Crippen MR) is 93.1 cm³/mol. The van der Waals surface area contributed by atoms with Crippen molar-refractivity contribution in [3.8, 4) is 28.7 Å². The van der Waals surface area contributed by atoms with Crippen LogP contribution < -0.4 is 18.9 Å². The van der Waals surface area contributed by atoms with Gasteiger partial charge in [-0.25, -0.2) is 0 Å². The number of carbonyl (C=O) groups is 2. The Labute approximate surface area is 145 Å². The van der Waals surface area contributed by atoms with Gasteiger partial charge < -0.3 is 18.9 Å². The first kappa shape index (κ1) is 18.1. The molecule has 2 rings (SSSR count). The third-order valence-corrected chi connectivity index (χ3v) is 3.39. The molecule has 0 fully saturated rings. The first-order chi connectivity index (χ1) is 12.2. The summed E-state index contributed by atoms with van der Waals surface area (Å²) in [6.07, 6.45) is 4.43. The molecule has 2 aromatic rings. The summed E-state index contributed by atoms with van der Waals surface area (Å²) in [6, 6.07) is 8.32. The molecule has 6 heteroatoms. The van der Waals surface area contributed by atoms with Gasteiger partial charge in [0.15, 0.2) is 23.0 Å². The van der Waals surface area contributed by atoms with Crippen molar-refractivity contribution in [2.45, 2.75) is 0 Å². The third kappa shape index (κ3) is 4.17. The van der Waals surface area contributed by atoms with Crippen LogP contribution in [0.25, 0.3) is 6.08 Å². The molecule has 0 amide bonds. The van der Waals surface area contributed by atoms with Gasteiger partial charge in [-0.2, -0.15) is 0 Å². The Balaban J connectivity index is 2.46. The Morgan fingerprint density at radius 3 is 1.88 bits per heavy atom. The fourth-order valence-corrected chi connectivity index (χ4v) is 2.20. The molecule has 6 nitrogen and oxygen atoms in total. The summed E-state index contributed by atoms with van der Waals surface area (Å²) < 4.78 is 21.9. The van der Waals surface area contributed by atoms with Crippen molar-refractivity contribution in [2.75, 3.05) is 21.3 Å². The molecule has 0 heterocycles. The lowest BCUT2D eigenvalue weighted by Crippen LogP contribution is -1.98. The van der Waals surface area contributed by atoms with Crippen LogP contribution in [0.1, 0.15) is 15.9 Å². The molecular weight excluding hydrogens is 324 g/mol. The molecule has 0 saturated carbocycles. The maximum Gasteiger partial charge on any atom is 0.211 e. The van der Waals surface area contributed by atoms with Gasteiger partial charge in [-0.1, -0.05) is 12.1 Å². The molecule has 130 valence electrons. The van der Waals surface area contributed by atoms with Gasteiger partial charge in [0.05, 0.1) is 21.3 Å². The number of hydrogen-bond acceptors (Lipinski definition) is 6. The van der Waals surface area contributed by atoms with Crippen molar-refractivity contribution in [3.63, 3.8) is 0 Å². The molecule has 0 N–H and O–H groups in total. The molecule has 0 radical (unpaired) electrons. The van der Waals surface area contributed by atoms with Crippen LogP contribution in [0.15, 0.2) is 36.4 Å². The predicted octanol–water partition coefficient (Wildman–Crippen LogP) is 3.53. The summed E-state index contributed by atoms with van der Waals surface area (Å²) in [5.74, 6) is 1.93. The Morgan fingerprint density at radius 2 is 1.36 bits per heavy atom. The monoisotopic (exact) mass is 342 g/mol. The molecule has 0 atom stereocenters. The van der Waals surface area contributed by atoms with Gasteiger partial charge in [0.1, 0.15) is 12.6 Å². The SMILES string of the molecule is COc1cc(/C=C/C=O)ccc1Oc1c(OC)cc(C=O)cc1OC. The van der Waals surface area contributed by atoms with Crippen molar-refractivity contribution in [2.24, 2.45) is 0 Å². The van der Waals surface area contributed by atoms with Crippen LogP contribution in [0.5, 0.6) is 28.7 Å². The van der Waals surface area contributed by atoms with E-state index >= 15 is 0 Å². The summed E-state index contributed by atoms with van der Waals surface area (Å²) in [4.78, 5) is 21.5. The smallest absolute Gasteiger partial charge is 0.211 e. The maximum atomic E-state index is 11.0. The highest BCUT2D eigenvalue weighted by molar-refractivity contribution is 5.78. The standard InChI is InChI=1S/C19H18O6/c1-22-16-9-13(5-4-8-20)6-7-15(16)25-19-17(23-2)10-14(12-21)11-18(19)24-3/h4-12H,1-3H3/b5-4+. The molecule has 25 heavy (non-hydrogen) atoms. The minimum Gasteiger partial charge on any atom is -0.493 e. The quantitative estimate of drug-likeness (QED) is 0.540. The topological polar surface area (TPSA) is 71.1 Å². The van der Waals surface area contributed by atoms with Gasteiger partial charge in [0, 0.05) is 5.56 Å². The van der Waals surface area contributed by atoms with Gasteiger partial charge in [-0.05, 0) is 35.9 Å². The Kier molecular flexibility index (Phi) is 6.17. The average Bonchev–Trinajstić information content (AvgIpc) is 2.66. The van der Waals surface area contributed by atoms with Crippen LogP contribution in [-0.2, 0) is 4.79 Å². The van der Waals surface area contributed by atoms with Crippen LogP contribution in [-0.4, -0.2) is 33.9 Å². The number of benzene rings is 2. The van der Waals surface area contributed by atoms with Gasteiger partial charge in [-0.15, -0.1) is 0 Å². The zero-order valence-corrected chi connectivity index (χ0v) is 14.1. The fourth-order valence-electron chi connectivity index (χ4n) is 2.20.